The number of hydrogen-bond donors (Lipinski definition) is 0. The Kier molecular flexibility index (Phi) is 10.2. The van der Waals surface area contributed by atoms with E-state index in [4.69, 9.17) is 14.2 Å². The van der Waals surface area contributed by atoms with Crippen LogP contribution in [0.5, 0.6) is 5.75 Å². The van der Waals surface area contributed by atoms with Crippen LogP contribution in [0.4, 0.5) is 15.3 Å². The molecule has 0 saturated heterocycles. The molecule has 0 aliphatic heterocycles. The fourth-order valence-corrected chi connectivity index (χ4v) is 3.76. The van der Waals surface area contributed by atoms with Gasteiger partial charge in [0.05, 0.1) is 9.67 Å². The Morgan fingerprint density at radius 2 is 1.86 bits per heavy atom. The Hall–Kier alpha value is -2.40. The fraction of sp³-hybridized carbons (Fsp3) is 0.412. The molecule has 0 aliphatic carbocycles. The van der Waals surface area contributed by atoms with E-state index in [9.17, 15) is 19.7 Å². The molecule has 0 aliphatic rings. The van der Waals surface area contributed by atoms with Gasteiger partial charge in [0.15, 0.2) is 0 Å². The second-order valence-electron chi connectivity index (χ2n) is 5.75. The smallest absolute Gasteiger partial charge is 0.433 e. The summed E-state index contributed by atoms with van der Waals surface area (Å²) in [5, 5.41) is 10.6. The van der Waals surface area contributed by atoms with Crippen LogP contribution in [0.2, 0.25) is 0 Å². The van der Waals surface area contributed by atoms with E-state index in [0.29, 0.717) is 5.75 Å². The van der Waals surface area contributed by atoms with E-state index in [-0.39, 0.29) is 31.3 Å². The van der Waals surface area contributed by atoms with Gasteiger partial charge in [-0.3, -0.25) is 10.1 Å². The lowest BCUT2D eigenvalue weighted by Crippen LogP contribution is -2.25. The fourth-order valence-electron chi connectivity index (χ4n) is 1.55. The molecule has 11 heteroatoms. The van der Waals surface area contributed by atoms with Crippen LogP contribution in [0.25, 0.3) is 0 Å². The first-order valence-corrected chi connectivity index (χ1v) is 10.4. The summed E-state index contributed by atoms with van der Waals surface area (Å²) in [5.41, 5.74) is -0.103. The molecule has 0 heterocycles. The Balaban J connectivity index is 2.24. The summed E-state index contributed by atoms with van der Waals surface area (Å²) in [4.78, 5) is 32.9. The molecule has 0 aromatic heterocycles. The quantitative estimate of drug-likeness (QED) is 0.0935. The van der Waals surface area contributed by atoms with Crippen LogP contribution in [0.1, 0.15) is 13.8 Å². The lowest BCUT2D eigenvalue weighted by Gasteiger charge is -2.22. The van der Waals surface area contributed by atoms with Crippen LogP contribution in [0.3, 0.4) is 0 Å². The van der Waals surface area contributed by atoms with Gasteiger partial charge in [0.2, 0.25) is 0 Å². The van der Waals surface area contributed by atoms with E-state index in [1.165, 1.54) is 51.9 Å². The Morgan fingerprint density at radius 1 is 1.18 bits per heavy atom. The lowest BCUT2D eigenvalue weighted by molar-refractivity contribution is -0.384. The zero-order valence-corrected chi connectivity index (χ0v) is 17.1. The van der Waals surface area contributed by atoms with Crippen molar-refractivity contribution in [3.63, 3.8) is 0 Å². The van der Waals surface area contributed by atoms with E-state index in [2.05, 4.69) is 11.3 Å². The minimum absolute atomic E-state index is 0.0821. The highest BCUT2D eigenvalue weighted by Gasteiger charge is 2.22. The van der Waals surface area contributed by atoms with E-state index in [1.807, 2.05) is 13.8 Å². The number of ether oxygens (including phenoxy) is 4. The highest BCUT2D eigenvalue weighted by molar-refractivity contribution is 8.77. The number of hydrogen-bond acceptors (Lipinski definition) is 10. The van der Waals surface area contributed by atoms with Crippen molar-refractivity contribution in [2.24, 2.45) is 0 Å². The van der Waals surface area contributed by atoms with Crippen LogP contribution in [-0.2, 0) is 14.2 Å². The van der Waals surface area contributed by atoms with Gasteiger partial charge in [-0.05, 0) is 26.0 Å². The van der Waals surface area contributed by atoms with Gasteiger partial charge in [-0.25, -0.2) is 9.59 Å². The summed E-state index contributed by atoms with van der Waals surface area (Å²) in [7, 11) is 2.92. The highest BCUT2D eigenvalue weighted by atomic mass is 33.1. The summed E-state index contributed by atoms with van der Waals surface area (Å²) in [5.74, 6) is 0.681. The number of benzene rings is 1. The zero-order valence-electron chi connectivity index (χ0n) is 15.5. The van der Waals surface area contributed by atoms with Gasteiger partial charge in [0.25, 0.3) is 5.69 Å². The van der Waals surface area contributed by atoms with E-state index in [1.54, 1.807) is 0 Å². The van der Waals surface area contributed by atoms with E-state index >= 15 is 0 Å². The molecule has 0 fully saturated rings. The van der Waals surface area contributed by atoms with Gasteiger partial charge in [-0.1, -0.05) is 34.2 Å². The maximum absolute atomic E-state index is 11.7. The lowest BCUT2D eigenvalue weighted by atomic mass is 10.2. The first-order valence-electron chi connectivity index (χ1n) is 8.03. The molecule has 0 unspecified atom stereocenters. The number of nitrogens with zero attached hydrogens (tertiary/aromatic N) is 1. The van der Waals surface area contributed by atoms with Gasteiger partial charge < -0.3 is 18.9 Å². The number of carbonyl (C=O) groups excluding carboxylic acids is 2. The summed E-state index contributed by atoms with van der Waals surface area (Å²) in [6.07, 6.45) is -0.205. The van der Waals surface area contributed by atoms with Crippen LogP contribution in [0, 0.1) is 10.1 Å². The maximum Gasteiger partial charge on any atom is 0.513 e. The Labute approximate surface area is 170 Å². The molecular weight excluding hydrogens is 410 g/mol. The molecule has 0 saturated carbocycles. The van der Waals surface area contributed by atoms with Crippen LogP contribution in [-0.4, -0.2) is 47.6 Å². The molecule has 0 radical (unpaired) electrons. The van der Waals surface area contributed by atoms with Crippen molar-refractivity contribution in [1.29, 1.82) is 0 Å². The van der Waals surface area contributed by atoms with E-state index < -0.39 is 22.0 Å². The normalized spacial score (nSPS) is 10.6. The molecule has 9 nitrogen and oxygen atoms in total. The molecule has 28 heavy (non-hydrogen) atoms. The first-order chi connectivity index (χ1) is 13.2. The first kappa shape index (κ1) is 23.6. The van der Waals surface area contributed by atoms with Gasteiger partial charge in [0.1, 0.15) is 25.6 Å². The van der Waals surface area contributed by atoms with E-state index in [0.717, 1.165) is 0 Å². The molecule has 1 aromatic rings. The highest BCUT2D eigenvalue weighted by Crippen LogP contribution is 2.35. The predicted octanol–water partition coefficient (Wildman–Crippen LogP) is 4.61. The monoisotopic (exact) mass is 431 g/mol. The SMILES string of the molecule is C=CCOC(=O)OCCSSC(C)(C)COC(=O)Oc1ccc([N+](=O)[O-])cc1. The average Bonchev–Trinajstić information content (AvgIpc) is 2.65. The molecule has 1 rings (SSSR count). The summed E-state index contributed by atoms with van der Waals surface area (Å²) < 4.78 is 19.2. The second kappa shape index (κ2) is 12.1. The minimum Gasteiger partial charge on any atom is -0.433 e. The molecule has 0 spiro atoms. The summed E-state index contributed by atoms with van der Waals surface area (Å²) >= 11 is 0. The van der Waals surface area contributed by atoms with Crippen molar-refractivity contribution in [2.45, 2.75) is 18.6 Å². The van der Waals surface area contributed by atoms with Crippen molar-refractivity contribution in [3.05, 3.63) is 47.0 Å². The number of nitro benzene ring substituents is 1. The van der Waals surface area contributed by atoms with Crippen LogP contribution >= 0.6 is 21.6 Å². The van der Waals surface area contributed by atoms with Gasteiger partial charge in [-0.2, -0.15) is 0 Å². The summed E-state index contributed by atoms with van der Waals surface area (Å²) in [6.45, 7) is 7.55. The third kappa shape index (κ3) is 10.1. The van der Waals surface area contributed by atoms with Gasteiger partial charge in [0, 0.05) is 17.9 Å². The number of non-ortho nitro benzene ring substituents is 1. The Bertz CT molecular complexity index is 678. The topological polar surface area (TPSA) is 114 Å². The molecule has 0 N–H and O–H groups in total. The number of rotatable bonds is 11. The average molecular weight is 431 g/mol. The third-order valence-electron chi connectivity index (χ3n) is 2.78. The van der Waals surface area contributed by atoms with Gasteiger partial charge in [-0.15, -0.1) is 0 Å². The predicted molar refractivity (Wildman–Crippen MR) is 107 cm³/mol. The molecule has 1 aromatic carbocycles. The molecular formula is C17H21NO8S2. The second-order valence-corrected chi connectivity index (χ2v) is 8.88. The minimum atomic E-state index is -0.902. The van der Waals surface area contributed by atoms with Crippen LogP contribution < -0.4 is 4.74 Å². The molecule has 0 atom stereocenters. The molecule has 0 bridgehead atoms. The van der Waals surface area contributed by atoms with Gasteiger partial charge >= 0.3 is 12.3 Å². The number of nitro groups is 1. The maximum atomic E-state index is 11.7. The van der Waals surface area contributed by atoms with Crippen molar-refractivity contribution in [3.8, 4) is 5.75 Å². The third-order valence-corrected chi connectivity index (χ3v) is 6.00. The van der Waals surface area contributed by atoms with Crippen LogP contribution in [0.15, 0.2) is 36.9 Å². The Morgan fingerprint density at radius 3 is 2.46 bits per heavy atom. The zero-order chi connectivity index (χ0) is 21.0. The molecule has 154 valence electrons. The van der Waals surface area contributed by atoms with Crippen molar-refractivity contribution < 1.29 is 33.5 Å². The van der Waals surface area contributed by atoms with Crippen molar-refractivity contribution >= 4 is 39.6 Å². The standard InChI is InChI=1S/C17H21NO8S2/c1-4-9-23-15(19)24-10-11-27-28-17(2,3)12-25-16(20)26-14-7-5-13(6-8-14)18(21)22/h4-8H,1,9-12H2,2-3H3. The van der Waals surface area contributed by atoms with Crippen molar-refractivity contribution in [2.75, 3.05) is 25.6 Å². The number of carbonyl (C=O) groups is 2. The molecule has 0 amide bonds. The summed E-state index contributed by atoms with van der Waals surface area (Å²) in [6, 6.07) is 5.09. The van der Waals surface area contributed by atoms with Crippen molar-refractivity contribution in [1.82, 2.24) is 0 Å². The largest absolute Gasteiger partial charge is 0.513 e.